The number of carbonyl (C=O) groups is 1. The molecule has 2 aromatic carbocycles. The number of hydrogen-bond acceptors (Lipinski definition) is 2. The number of halogens is 2. The highest BCUT2D eigenvalue weighted by atomic mass is 19.1. The highest BCUT2D eigenvalue weighted by molar-refractivity contribution is 5.75. The molecule has 0 radical (unpaired) electrons. The fourth-order valence-corrected chi connectivity index (χ4v) is 4.38. The van der Waals surface area contributed by atoms with Gasteiger partial charge in [0.05, 0.1) is 6.04 Å². The number of carbonyl (C=O) groups excluding carboxylic acids is 1. The van der Waals surface area contributed by atoms with Gasteiger partial charge in [-0.05, 0) is 61.4 Å². The summed E-state index contributed by atoms with van der Waals surface area (Å²) in [7, 11) is 0. The lowest BCUT2D eigenvalue weighted by Gasteiger charge is -2.37. The van der Waals surface area contributed by atoms with E-state index in [2.05, 4.69) is 5.32 Å². The Hall–Kier alpha value is -2.47. The lowest BCUT2D eigenvalue weighted by Crippen LogP contribution is -2.52. The Morgan fingerprint density at radius 3 is 2.76 bits per heavy atom. The smallest absolute Gasteiger partial charge is 0.317 e. The molecule has 2 amide bonds. The number of likely N-dealkylation sites (tertiary alicyclic amines) is 1. The molecule has 2 aliphatic heterocycles. The van der Waals surface area contributed by atoms with E-state index in [0.717, 1.165) is 43.4 Å². The first kappa shape index (κ1) is 19.8. The number of nitrogens with one attached hydrogen (secondary N) is 1. The molecule has 1 unspecified atom stereocenters. The number of hydrogen-bond donors (Lipinski definition) is 1. The summed E-state index contributed by atoms with van der Waals surface area (Å²) in [6, 6.07) is 13.0. The fourth-order valence-electron chi connectivity index (χ4n) is 4.38. The van der Waals surface area contributed by atoms with E-state index in [4.69, 9.17) is 4.74 Å². The second-order valence-electron chi connectivity index (χ2n) is 7.83. The molecule has 0 spiro atoms. The third-order valence-corrected chi connectivity index (χ3v) is 5.88. The molecule has 154 valence electrons. The van der Waals surface area contributed by atoms with Crippen molar-refractivity contribution in [2.45, 2.75) is 50.3 Å². The van der Waals surface area contributed by atoms with Crippen LogP contribution in [0.25, 0.3) is 0 Å². The third kappa shape index (κ3) is 4.58. The van der Waals surface area contributed by atoms with Crippen LogP contribution < -0.4 is 5.32 Å². The summed E-state index contributed by atoms with van der Waals surface area (Å²) in [5, 5.41) is 3.13. The van der Waals surface area contributed by atoms with Gasteiger partial charge in [0, 0.05) is 19.2 Å². The molecule has 29 heavy (non-hydrogen) atoms. The van der Waals surface area contributed by atoms with Crippen LogP contribution in [0.4, 0.5) is 13.6 Å². The largest absolute Gasteiger partial charge is 0.371 e. The Labute approximate surface area is 169 Å². The summed E-state index contributed by atoms with van der Waals surface area (Å²) in [6.07, 6.45) is 3.59. The average Bonchev–Trinajstić information content (AvgIpc) is 3.20. The number of piperidine rings is 1. The van der Waals surface area contributed by atoms with Crippen molar-refractivity contribution in [1.29, 1.82) is 0 Å². The van der Waals surface area contributed by atoms with Crippen molar-refractivity contribution < 1.29 is 18.3 Å². The topological polar surface area (TPSA) is 41.6 Å². The molecule has 2 aliphatic rings. The van der Waals surface area contributed by atoms with Crippen molar-refractivity contribution in [3.8, 4) is 0 Å². The molecule has 2 heterocycles. The van der Waals surface area contributed by atoms with Crippen molar-refractivity contribution in [2.24, 2.45) is 0 Å². The Bertz CT molecular complexity index is 846. The van der Waals surface area contributed by atoms with E-state index in [1.807, 2.05) is 30.3 Å². The summed E-state index contributed by atoms with van der Waals surface area (Å²) in [5.41, 5.74) is 1.37. The maximum Gasteiger partial charge on any atom is 0.317 e. The molecule has 4 nitrogen and oxygen atoms in total. The van der Waals surface area contributed by atoms with E-state index in [9.17, 15) is 13.6 Å². The van der Waals surface area contributed by atoms with Crippen molar-refractivity contribution >= 4 is 6.03 Å². The zero-order valence-electron chi connectivity index (χ0n) is 16.3. The van der Waals surface area contributed by atoms with Crippen LogP contribution in [0, 0.1) is 11.6 Å². The summed E-state index contributed by atoms with van der Waals surface area (Å²) < 4.78 is 33.5. The maximum atomic E-state index is 14.1. The molecule has 0 bridgehead atoms. The molecule has 6 heteroatoms. The van der Waals surface area contributed by atoms with Crippen molar-refractivity contribution in [3.05, 3.63) is 71.3 Å². The van der Waals surface area contributed by atoms with Gasteiger partial charge < -0.3 is 15.0 Å². The molecule has 3 atom stereocenters. The SMILES string of the molecule is O=C(N[C@@H]1CCO[C@H]1c1ccccc1)N1CCCCC1Cc1cc(F)ccc1F. The molecule has 1 N–H and O–H groups in total. The summed E-state index contributed by atoms with van der Waals surface area (Å²) in [4.78, 5) is 14.9. The van der Waals surface area contributed by atoms with Crippen LogP contribution in [0.15, 0.2) is 48.5 Å². The molecule has 0 saturated carbocycles. The minimum atomic E-state index is -0.456. The van der Waals surface area contributed by atoms with Crippen LogP contribution >= 0.6 is 0 Å². The zero-order valence-corrected chi connectivity index (χ0v) is 16.3. The van der Waals surface area contributed by atoms with Gasteiger partial charge in [0.2, 0.25) is 0 Å². The van der Waals surface area contributed by atoms with Crippen LogP contribution in [-0.4, -0.2) is 36.2 Å². The van der Waals surface area contributed by atoms with Gasteiger partial charge in [-0.1, -0.05) is 30.3 Å². The summed E-state index contributed by atoms with van der Waals surface area (Å²) >= 11 is 0. The van der Waals surface area contributed by atoms with Gasteiger partial charge in [-0.3, -0.25) is 0 Å². The number of nitrogens with zero attached hydrogens (tertiary/aromatic N) is 1. The van der Waals surface area contributed by atoms with E-state index in [1.54, 1.807) is 4.90 Å². The molecule has 0 aliphatic carbocycles. The normalized spacial score (nSPS) is 24.5. The predicted molar refractivity (Wildman–Crippen MR) is 106 cm³/mol. The Morgan fingerprint density at radius 2 is 1.93 bits per heavy atom. The lowest BCUT2D eigenvalue weighted by molar-refractivity contribution is 0.0950. The molecular formula is C23H26F2N2O2. The number of benzene rings is 2. The average molecular weight is 400 g/mol. The van der Waals surface area contributed by atoms with Crippen molar-refractivity contribution in [1.82, 2.24) is 10.2 Å². The van der Waals surface area contributed by atoms with Gasteiger partial charge >= 0.3 is 6.03 Å². The van der Waals surface area contributed by atoms with Gasteiger partial charge in [0.25, 0.3) is 0 Å². The molecule has 0 aromatic heterocycles. The van der Waals surface area contributed by atoms with Gasteiger partial charge in [-0.2, -0.15) is 0 Å². The van der Waals surface area contributed by atoms with Gasteiger partial charge in [0.15, 0.2) is 0 Å². The van der Waals surface area contributed by atoms with Gasteiger partial charge in [-0.15, -0.1) is 0 Å². The Morgan fingerprint density at radius 1 is 1.10 bits per heavy atom. The molecule has 2 aromatic rings. The predicted octanol–water partition coefficient (Wildman–Crippen LogP) is 4.60. The van der Waals surface area contributed by atoms with Crippen LogP contribution in [-0.2, 0) is 11.2 Å². The first-order valence-electron chi connectivity index (χ1n) is 10.3. The highest BCUT2D eigenvalue weighted by Crippen LogP contribution is 2.30. The molecular weight excluding hydrogens is 374 g/mol. The van der Waals surface area contributed by atoms with Crippen molar-refractivity contribution in [3.63, 3.8) is 0 Å². The van der Waals surface area contributed by atoms with Crippen LogP contribution in [0.5, 0.6) is 0 Å². The third-order valence-electron chi connectivity index (χ3n) is 5.88. The van der Waals surface area contributed by atoms with Crippen LogP contribution in [0.2, 0.25) is 0 Å². The molecule has 2 saturated heterocycles. The standard InChI is InChI=1S/C23H26F2N2O2/c24-18-9-10-20(25)17(14-18)15-19-8-4-5-12-27(19)23(28)26-21-11-13-29-22(21)16-6-2-1-3-7-16/h1-3,6-7,9-10,14,19,21-22H,4-5,8,11-13,15H2,(H,26,28)/t19?,21-,22+/m1/s1. The van der Waals surface area contributed by atoms with E-state index >= 15 is 0 Å². The minimum Gasteiger partial charge on any atom is -0.371 e. The highest BCUT2D eigenvalue weighted by Gasteiger charge is 2.34. The van der Waals surface area contributed by atoms with E-state index < -0.39 is 11.6 Å². The zero-order chi connectivity index (χ0) is 20.2. The van der Waals surface area contributed by atoms with Crippen LogP contribution in [0.3, 0.4) is 0 Å². The quantitative estimate of drug-likeness (QED) is 0.815. The maximum absolute atomic E-state index is 14.1. The van der Waals surface area contributed by atoms with Crippen LogP contribution in [0.1, 0.15) is 42.9 Å². The number of ether oxygens (including phenoxy) is 1. The second kappa shape index (κ2) is 8.91. The van der Waals surface area contributed by atoms with E-state index in [1.165, 1.54) is 6.07 Å². The summed E-state index contributed by atoms with van der Waals surface area (Å²) in [6.45, 7) is 1.22. The Balaban J connectivity index is 1.45. The Kier molecular flexibility index (Phi) is 6.09. The van der Waals surface area contributed by atoms with Gasteiger partial charge in [-0.25, -0.2) is 13.6 Å². The molecule has 2 fully saturated rings. The minimum absolute atomic E-state index is 0.0987. The number of rotatable bonds is 4. The first-order chi connectivity index (χ1) is 14.1. The van der Waals surface area contributed by atoms with Crippen molar-refractivity contribution in [2.75, 3.05) is 13.2 Å². The van der Waals surface area contributed by atoms with Gasteiger partial charge in [0.1, 0.15) is 17.7 Å². The number of amides is 2. The monoisotopic (exact) mass is 400 g/mol. The van der Waals surface area contributed by atoms with E-state index in [0.29, 0.717) is 25.1 Å². The first-order valence-corrected chi connectivity index (χ1v) is 10.3. The van der Waals surface area contributed by atoms with E-state index in [-0.39, 0.29) is 24.2 Å². The fraction of sp³-hybridized carbons (Fsp3) is 0.435. The lowest BCUT2D eigenvalue weighted by atomic mass is 9.95. The second-order valence-corrected chi connectivity index (χ2v) is 7.83. The number of urea groups is 1. The molecule has 4 rings (SSSR count). The summed E-state index contributed by atoms with van der Waals surface area (Å²) in [5.74, 6) is -0.882.